The molecule has 1 N–H and O–H groups in total. The van der Waals surface area contributed by atoms with E-state index in [1.165, 1.54) is 6.92 Å². The van der Waals surface area contributed by atoms with Crippen LogP contribution >= 0.6 is 43.5 Å². The zero-order chi connectivity index (χ0) is 18.8. The number of hydrogen-bond donors (Lipinski definition) is 1. The molecule has 0 saturated heterocycles. The van der Waals surface area contributed by atoms with E-state index in [1.54, 1.807) is 18.2 Å². The molecule has 2 aromatic rings. The molecule has 1 aromatic heterocycles. The maximum absolute atomic E-state index is 12.6. The van der Waals surface area contributed by atoms with Gasteiger partial charge in [0.2, 0.25) is 0 Å². The molecule has 1 aromatic carbocycles. The molecule has 10 heteroatoms. The lowest BCUT2D eigenvalue weighted by molar-refractivity contribution is -0.137. The van der Waals surface area contributed by atoms with Crippen LogP contribution in [0.5, 0.6) is 5.75 Å². The van der Waals surface area contributed by atoms with Crippen LogP contribution in [0, 0.1) is 0 Å². The predicted molar refractivity (Wildman–Crippen MR) is 94.8 cm³/mol. The van der Waals surface area contributed by atoms with E-state index in [1.807, 2.05) is 0 Å². The number of carbonyl (C=O) groups is 1. The molecule has 0 aliphatic rings. The fourth-order valence-corrected chi connectivity index (χ4v) is 3.07. The summed E-state index contributed by atoms with van der Waals surface area (Å²) in [6.45, 7) is 1.49. The van der Waals surface area contributed by atoms with Crippen molar-refractivity contribution in [1.29, 1.82) is 0 Å². The fourth-order valence-electron chi connectivity index (χ4n) is 1.72. The first kappa shape index (κ1) is 20.0. The van der Waals surface area contributed by atoms with Crippen LogP contribution in [0.15, 0.2) is 39.4 Å². The first-order valence-corrected chi connectivity index (χ1v) is 8.69. The molecule has 134 valence electrons. The Bertz CT molecular complexity index is 803. The van der Waals surface area contributed by atoms with Gasteiger partial charge in [0.05, 0.1) is 15.1 Å². The standard InChI is InChI=1S/C15H10Br2ClF3N2O2/c1-7(25-12-3-2-9(16)5-10(12)17)14(24)23-13-11(18)4-8(6-22-13)15(19,20)21/h2-7H,1H3,(H,22,23,24). The number of aromatic nitrogens is 1. The summed E-state index contributed by atoms with van der Waals surface area (Å²) in [4.78, 5) is 15.7. The molecule has 4 nitrogen and oxygen atoms in total. The quantitative estimate of drug-likeness (QED) is 0.585. The molecule has 0 spiro atoms. The molecule has 1 unspecified atom stereocenters. The van der Waals surface area contributed by atoms with Crippen molar-refractivity contribution in [3.8, 4) is 5.75 Å². The van der Waals surface area contributed by atoms with Crippen LogP contribution in [-0.2, 0) is 11.0 Å². The highest BCUT2D eigenvalue weighted by molar-refractivity contribution is 9.11. The number of hydrogen-bond acceptors (Lipinski definition) is 3. The third-order valence-corrected chi connectivity index (χ3v) is 4.38. The molecular weight excluding hydrogens is 492 g/mol. The average molecular weight is 503 g/mol. The Balaban J connectivity index is 2.08. The van der Waals surface area contributed by atoms with Gasteiger partial charge in [0.15, 0.2) is 11.9 Å². The van der Waals surface area contributed by atoms with Crippen molar-refractivity contribution in [2.75, 3.05) is 5.32 Å². The van der Waals surface area contributed by atoms with Crippen LogP contribution < -0.4 is 10.1 Å². The highest BCUT2D eigenvalue weighted by Gasteiger charge is 2.32. The van der Waals surface area contributed by atoms with Crippen LogP contribution in [0.25, 0.3) is 0 Å². The van der Waals surface area contributed by atoms with E-state index >= 15 is 0 Å². The van der Waals surface area contributed by atoms with Gasteiger partial charge >= 0.3 is 6.18 Å². The van der Waals surface area contributed by atoms with E-state index in [-0.39, 0.29) is 10.8 Å². The summed E-state index contributed by atoms with van der Waals surface area (Å²) in [6, 6.07) is 5.83. The summed E-state index contributed by atoms with van der Waals surface area (Å²) in [5.41, 5.74) is -1.00. The van der Waals surface area contributed by atoms with E-state index in [2.05, 4.69) is 42.2 Å². The molecule has 0 aliphatic heterocycles. The molecule has 0 saturated carbocycles. The molecule has 1 amide bonds. The van der Waals surface area contributed by atoms with Crippen LogP contribution in [-0.4, -0.2) is 17.0 Å². The smallest absolute Gasteiger partial charge is 0.417 e. The maximum atomic E-state index is 12.6. The van der Waals surface area contributed by atoms with Gasteiger partial charge in [-0.3, -0.25) is 4.79 Å². The minimum absolute atomic E-state index is 0.176. The van der Waals surface area contributed by atoms with E-state index in [0.29, 0.717) is 22.5 Å². The van der Waals surface area contributed by atoms with E-state index in [4.69, 9.17) is 16.3 Å². The topological polar surface area (TPSA) is 51.2 Å². The number of alkyl halides is 3. The Hall–Kier alpha value is -1.32. The minimum Gasteiger partial charge on any atom is -0.480 e. The molecule has 0 fully saturated rings. The van der Waals surface area contributed by atoms with Gasteiger partial charge in [-0.15, -0.1) is 0 Å². The Kier molecular flexibility index (Phi) is 6.34. The average Bonchev–Trinajstić information content (AvgIpc) is 2.50. The van der Waals surface area contributed by atoms with Crippen molar-refractivity contribution in [2.24, 2.45) is 0 Å². The summed E-state index contributed by atoms with van der Waals surface area (Å²) in [5.74, 6) is -0.355. The highest BCUT2D eigenvalue weighted by atomic mass is 79.9. The second-order valence-electron chi connectivity index (χ2n) is 4.88. The predicted octanol–water partition coefficient (Wildman–Crippen LogP) is 5.68. The third-order valence-electron chi connectivity index (χ3n) is 2.98. The number of amides is 1. The van der Waals surface area contributed by atoms with Gasteiger partial charge < -0.3 is 10.1 Å². The maximum Gasteiger partial charge on any atom is 0.417 e. The van der Waals surface area contributed by atoms with Crippen LogP contribution in [0.2, 0.25) is 5.02 Å². The third kappa shape index (κ3) is 5.32. The van der Waals surface area contributed by atoms with Crippen molar-refractivity contribution in [1.82, 2.24) is 4.98 Å². The number of halogens is 6. The highest BCUT2D eigenvalue weighted by Crippen LogP contribution is 2.32. The van der Waals surface area contributed by atoms with Crippen molar-refractivity contribution in [3.63, 3.8) is 0 Å². The number of carbonyl (C=O) groups excluding carboxylic acids is 1. The molecule has 0 radical (unpaired) electrons. The summed E-state index contributed by atoms with van der Waals surface area (Å²) in [6.07, 6.45) is -4.90. The van der Waals surface area contributed by atoms with Gasteiger partial charge in [0, 0.05) is 10.7 Å². The van der Waals surface area contributed by atoms with E-state index in [0.717, 1.165) is 4.47 Å². The molecule has 0 bridgehead atoms. The lowest BCUT2D eigenvalue weighted by Gasteiger charge is -2.16. The Morgan fingerprint density at radius 3 is 2.56 bits per heavy atom. The number of ether oxygens (including phenoxy) is 1. The number of anilines is 1. The normalized spacial score (nSPS) is 12.6. The second-order valence-corrected chi connectivity index (χ2v) is 7.05. The number of benzene rings is 1. The van der Waals surface area contributed by atoms with Crippen molar-refractivity contribution >= 4 is 55.2 Å². The minimum atomic E-state index is -4.57. The monoisotopic (exact) mass is 500 g/mol. The summed E-state index contributed by atoms with van der Waals surface area (Å²) < 4.78 is 44.7. The summed E-state index contributed by atoms with van der Waals surface area (Å²) in [5, 5.41) is 2.02. The van der Waals surface area contributed by atoms with Gasteiger partial charge in [-0.25, -0.2) is 4.98 Å². The van der Waals surface area contributed by atoms with Crippen LogP contribution in [0.4, 0.5) is 19.0 Å². The summed E-state index contributed by atoms with van der Waals surface area (Å²) in [7, 11) is 0. The van der Waals surface area contributed by atoms with E-state index < -0.39 is 23.8 Å². The number of nitrogens with zero attached hydrogens (tertiary/aromatic N) is 1. The second kappa shape index (κ2) is 7.92. The lowest BCUT2D eigenvalue weighted by Crippen LogP contribution is -2.30. The van der Waals surface area contributed by atoms with Gasteiger partial charge in [-0.1, -0.05) is 27.5 Å². The molecule has 25 heavy (non-hydrogen) atoms. The summed E-state index contributed by atoms with van der Waals surface area (Å²) >= 11 is 12.4. The van der Waals surface area contributed by atoms with Gasteiger partial charge in [-0.2, -0.15) is 13.2 Å². The van der Waals surface area contributed by atoms with Gasteiger partial charge in [-0.05, 0) is 47.1 Å². The zero-order valence-corrected chi connectivity index (χ0v) is 16.4. The van der Waals surface area contributed by atoms with Crippen molar-refractivity contribution in [2.45, 2.75) is 19.2 Å². The van der Waals surface area contributed by atoms with Gasteiger partial charge in [0.1, 0.15) is 5.75 Å². The molecule has 1 atom stereocenters. The lowest BCUT2D eigenvalue weighted by atomic mass is 10.2. The molecular formula is C15H10Br2ClF3N2O2. The first-order chi connectivity index (χ1) is 11.6. The zero-order valence-electron chi connectivity index (χ0n) is 12.5. The Morgan fingerprint density at radius 1 is 1.32 bits per heavy atom. The van der Waals surface area contributed by atoms with E-state index in [9.17, 15) is 18.0 Å². The first-order valence-electron chi connectivity index (χ1n) is 6.73. The molecule has 2 rings (SSSR count). The van der Waals surface area contributed by atoms with Crippen LogP contribution in [0.3, 0.4) is 0 Å². The van der Waals surface area contributed by atoms with Gasteiger partial charge in [0.25, 0.3) is 5.91 Å². The number of pyridine rings is 1. The largest absolute Gasteiger partial charge is 0.480 e. The molecule has 0 aliphatic carbocycles. The number of nitrogens with one attached hydrogen (secondary N) is 1. The van der Waals surface area contributed by atoms with Crippen molar-refractivity contribution < 1.29 is 22.7 Å². The van der Waals surface area contributed by atoms with Crippen molar-refractivity contribution in [3.05, 3.63) is 50.0 Å². The Morgan fingerprint density at radius 2 is 2.00 bits per heavy atom. The molecule has 1 heterocycles. The fraction of sp³-hybridized carbons (Fsp3) is 0.200. The van der Waals surface area contributed by atoms with Crippen LogP contribution in [0.1, 0.15) is 12.5 Å². The SMILES string of the molecule is CC(Oc1ccc(Br)cc1Br)C(=O)Nc1ncc(C(F)(F)F)cc1Cl. The number of rotatable bonds is 4. The Labute approximate surface area is 163 Å².